The van der Waals surface area contributed by atoms with E-state index in [1.54, 1.807) is 36.4 Å². The Balaban J connectivity index is 1.71. The van der Waals surface area contributed by atoms with Crippen molar-refractivity contribution in [2.45, 2.75) is 25.8 Å². The van der Waals surface area contributed by atoms with E-state index in [0.29, 0.717) is 29.1 Å². The standard InChI is InChI=1S/C21H19N3O4/c1-14-12-17(22-28-14)18-8-5-11-23(18)19-10-9-16(13-20(19)24(26)27)21(25)15-6-3-2-4-7-15/h2-4,6-7,9-10,12-13,18H,5,8,11H2,1H3. The van der Waals surface area contributed by atoms with Gasteiger partial charge in [0, 0.05) is 29.8 Å². The lowest BCUT2D eigenvalue weighted by Gasteiger charge is -2.25. The zero-order chi connectivity index (χ0) is 19.7. The second-order valence-corrected chi connectivity index (χ2v) is 6.87. The highest BCUT2D eigenvalue weighted by Crippen LogP contribution is 2.40. The molecule has 28 heavy (non-hydrogen) atoms. The molecular formula is C21H19N3O4. The molecule has 0 spiro atoms. The lowest BCUT2D eigenvalue weighted by atomic mass is 10.0. The van der Waals surface area contributed by atoms with Gasteiger partial charge in [0.05, 0.1) is 11.0 Å². The Bertz CT molecular complexity index is 1030. The predicted octanol–water partition coefficient (Wildman–Crippen LogP) is 4.46. The van der Waals surface area contributed by atoms with Crippen molar-refractivity contribution in [2.24, 2.45) is 0 Å². The molecule has 0 aliphatic carbocycles. The third-order valence-electron chi connectivity index (χ3n) is 5.02. The second-order valence-electron chi connectivity index (χ2n) is 6.87. The Morgan fingerprint density at radius 2 is 1.96 bits per heavy atom. The van der Waals surface area contributed by atoms with Crippen LogP contribution in [0.25, 0.3) is 0 Å². The van der Waals surface area contributed by atoms with Gasteiger partial charge >= 0.3 is 0 Å². The van der Waals surface area contributed by atoms with Crippen LogP contribution in [0.15, 0.2) is 59.1 Å². The highest BCUT2D eigenvalue weighted by molar-refractivity contribution is 6.09. The summed E-state index contributed by atoms with van der Waals surface area (Å²) in [5.74, 6) is 0.473. The average molecular weight is 377 g/mol. The van der Waals surface area contributed by atoms with Gasteiger partial charge < -0.3 is 9.42 Å². The minimum Gasteiger partial charge on any atom is -0.361 e. The van der Waals surface area contributed by atoms with Gasteiger partial charge in [-0.3, -0.25) is 14.9 Å². The second kappa shape index (κ2) is 7.26. The van der Waals surface area contributed by atoms with Crippen LogP contribution in [0.5, 0.6) is 0 Å². The molecule has 1 aliphatic heterocycles. The van der Waals surface area contributed by atoms with Crippen LogP contribution in [0, 0.1) is 17.0 Å². The van der Waals surface area contributed by atoms with Crippen LogP contribution in [-0.4, -0.2) is 22.4 Å². The molecule has 2 aromatic carbocycles. The SMILES string of the molecule is Cc1cc(C2CCCN2c2ccc(C(=O)c3ccccc3)cc2[N+](=O)[O-])no1. The highest BCUT2D eigenvalue weighted by Gasteiger charge is 2.33. The molecule has 7 nitrogen and oxygen atoms in total. The van der Waals surface area contributed by atoms with Gasteiger partial charge in [0.15, 0.2) is 5.78 Å². The van der Waals surface area contributed by atoms with E-state index in [1.807, 2.05) is 24.0 Å². The van der Waals surface area contributed by atoms with Gasteiger partial charge in [0.2, 0.25) is 0 Å². The highest BCUT2D eigenvalue weighted by atomic mass is 16.6. The number of hydrogen-bond donors (Lipinski definition) is 0. The summed E-state index contributed by atoms with van der Waals surface area (Å²) in [4.78, 5) is 26.0. The van der Waals surface area contributed by atoms with E-state index in [2.05, 4.69) is 5.16 Å². The Morgan fingerprint density at radius 1 is 1.18 bits per heavy atom. The van der Waals surface area contributed by atoms with Gasteiger partial charge in [-0.05, 0) is 31.9 Å². The molecule has 7 heteroatoms. The maximum absolute atomic E-state index is 12.7. The first-order chi connectivity index (χ1) is 13.5. The topological polar surface area (TPSA) is 89.5 Å². The number of carbonyl (C=O) groups is 1. The normalized spacial score (nSPS) is 16.3. The van der Waals surface area contributed by atoms with E-state index in [-0.39, 0.29) is 17.5 Å². The fourth-order valence-electron chi connectivity index (χ4n) is 3.72. The maximum atomic E-state index is 12.7. The van der Waals surface area contributed by atoms with Crippen molar-refractivity contribution in [1.29, 1.82) is 0 Å². The van der Waals surface area contributed by atoms with E-state index in [1.165, 1.54) is 6.07 Å². The first kappa shape index (κ1) is 17.9. The van der Waals surface area contributed by atoms with Gasteiger partial charge in [-0.1, -0.05) is 35.5 Å². The van der Waals surface area contributed by atoms with Crippen molar-refractivity contribution in [3.05, 3.63) is 87.3 Å². The van der Waals surface area contributed by atoms with Gasteiger partial charge in [-0.25, -0.2) is 0 Å². The molecule has 1 aromatic heterocycles. The smallest absolute Gasteiger partial charge is 0.293 e. The molecule has 0 radical (unpaired) electrons. The summed E-state index contributed by atoms with van der Waals surface area (Å²) in [6.45, 7) is 2.51. The molecule has 1 unspecified atom stereocenters. The quantitative estimate of drug-likeness (QED) is 0.370. The Labute approximate surface area is 161 Å². The molecule has 4 rings (SSSR count). The number of nitro benzene ring substituents is 1. The van der Waals surface area contributed by atoms with Crippen molar-refractivity contribution in [1.82, 2.24) is 5.16 Å². The number of carbonyl (C=O) groups excluding carboxylic acids is 1. The number of rotatable bonds is 5. The van der Waals surface area contributed by atoms with Crippen molar-refractivity contribution in [2.75, 3.05) is 11.4 Å². The fourth-order valence-corrected chi connectivity index (χ4v) is 3.72. The molecule has 1 saturated heterocycles. The van der Waals surface area contributed by atoms with Crippen molar-refractivity contribution < 1.29 is 14.2 Å². The third-order valence-corrected chi connectivity index (χ3v) is 5.02. The van der Waals surface area contributed by atoms with Gasteiger partial charge in [0.25, 0.3) is 5.69 Å². The first-order valence-electron chi connectivity index (χ1n) is 9.12. The molecule has 0 amide bonds. The summed E-state index contributed by atoms with van der Waals surface area (Å²) >= 11 is 0. The number of anilines is 1. The monoisotopic (exact) mass is 377 g/mol. The summed E-state index contributed by atoms with van der Waals surface area (Å²) in [5.41, 5.74) is 2.00. The molecular weight excluding hydrogens is 358 g/mol. The lowest BCUT2D eigenvalue weighted by molar-refractivity contribution is -0.384. The zero-order valence-electron chi connectivity index (χ0n) is 15.4. The van der Waals surface area contributed by atoms with Crippen LogP contribution in [0.4, 0.5) is 11.4 Å². The van der Waals surface area contributed by atoms with E-state index in [0.717, 1.165) is 18.5 Å². The fraction of sp³-hybridized carbons (Fsp3) is 0.238. The minimum absolute atomic E-state index is 0.0751. The molecule has 0 bridgehead atoms. The summed E-state index contributed by atoms with van der Waals surface area (Å²) in [6.07, 6.45) is 1.74. The van der Waals surface area contributed by atoms with Crippen molar-refractivity contribution in [3.8, 4) is 0 Å². The zero-order valence-corrected chi connectivity index (χ0v) is 15.4. The number of nitro groups is 1. The number of aryl methyl sites for hydroxylation is 1. The molecule has 1 fully saturated rings. The molecule has 142 valence electrons. The summed E-state index contributed by atoms with van der Waals surface area (Å²) in [5, 5.41) is 15.9. The molecule has 1 atom stereocenters. The van der Waals surface area contributed by atoms with E-state index in [9.17, 15) is 14.9 Å². The van der Waals surface area contributed by atoms with Crippen molar-refractivity contribution >= 4 is 17.2 Å². The molecule has 0 saturated carbocycles. The Hall–Kier alpha value is -3.48. The number of benzene rings is 2. The van der Waals surface area contributed by atoms with E-state index in [4.69, 9.17) is 4.52 Å². The van der Waals surface area contributed by atoms with Crippen LogP contribution in [0.1, 0.15) is 46.3 Å². The Kier molecular flexibility index (Phi) is 4.65. The number of aromatic nitrogens is 1. The largest absolute Gasteiger partial charge is 0.361 e. The summed E-state index contributed by atoms with van der Waals surface area (Å²) < 4.78 is 5.18. The van der Waals surface area contributed by atoms with Crippen LogP contribution in [0.2, 0.25) is 0 Å². The van der Waals surface area contributed by atoms with Gasteiger partial charge in [-0.2, -0.15) is 0 Å². The number of hydrogen-bond acceptors (Lipinski definition) is 6. The maximum Gasteiger partial charge on any atom is 0.293 e. The van der Waals surface area contributed by atoms with Crippen LogP contribution in [0.3, 0.4) is 0 Å². The summed E-state index contributed by atoms with van der Waals surface area (Å²) in [6, 6.07) is 15.2. The molecule has 2 heterocycles. The predicted molar refractivity (Wildman–Crippen MR) is 104 cm³/mol. The van der Waals surface area contributed by atoms with Crippen LogP contribution < -0.4 is 4.90 Å². The number of nitrogens with zero attached hydrogens (tertiary/aromatic N) is 3. The van der Waals surface area contributed by atoms with Gasteiger partial charge in [-0.15, -0.1) is 0 Å². The van der Waals surface area contributed by atoms with E-state index >= 15 is 0 Å². The lowest BCUT2D eigenvalue weighted by Crippen LogP contribution is -2.23. The third kappa shape index (κ3) is 3.26. The minimum atomic E-state index is -0.430. The number of ketones is 1. The van der Waals surface area contributed by atoms with E-state index < -0.39 is 4.92 Å². The summed E-state index contributed by atoms with van der Waals surface area (Å²) in [7, 11) is 0. The van der Waals surface area contributed by atoms with Crippen LogP contribution >= 0.6 is 0 Å². The van der Waals surface area contributed by atoms with Crippen molar-refractivity contribution in [3.63, 3.8) is 0 Å². The molecule has 1 aliphatic rings. The Morgan fingerprint density at radius 3 is 2.64 bits per heavy atom. The first-order valence-corrected chi connectivity index (χ1v) is 9.12. The van der Waals surface area contributed by atoms with Crippen LogP contribution in [-0.2, 0) is 0 Å². The van der Waals surface area contributed by atoms with Gasteiger partial charge in [0.1, 0.15) is 17.1 Å². The average Bonchev–Trinajstić information content (AvgIpc) is 3.36. The molecule has 3 aromatic rings. The molecule has 0 N–H and O–H groups in total.